The number of nitrogens with zero attached hydrogens (tertiary/aromatic N) is 2. The quantitative estimate of drug-likeness (QED) is 0.876. The molecule has 0 aliphatic carbocycles. The summed E-state index contributed by atoms with van der Waals surface area (Å²) in [5, 5.41) is 0. The molecule has 2 heterocycles. The van der Waals surface area contributed by atoms with E-state index in [1.807, 2.05) is 18.2 Å². The van der Waals surface area contributed by atoms with Crippen LogP contribution in [0.15, 0.2) is 36.8 Å². The SMILES string of the molecule is CCCOc1cnc(-c2cccnc2)cc1CN. The van der Waals surface area contributed by atoms with Crippen molar-refractivity contribution in [3.63, 3.8) is 0 Å². The monoisotopic (exact) mass is 243 g/mol. The van der Waals surface area contributed by atoms with Gasteiger partial charge in [-0.1, -0.05) is 6.92 Å². The van der Waals surface area contributed by atoms with E-state index in [0.29, 0.717) is 13.2 Å². The number of rotatable bonds is 5. The molecule has 0 fully saturated rings. The van der Waals surface area contributed by atoms with E-state index in [0.717, 1.165) is 29.0 Å². The van der Waals surface area contributed by atoms with E-state index < -0.39 is 0 Å². The first-order valence-corrected chi connectivity index (χ1v) is 6.07. The number of nitrogens with two attached hydrogens (primary N) is 1. The number of aromatic nitrogens is 2. The van der Waals surface area contributed by atoms with Crippen molar-refractivity contribution in [2.75, 3.05) is 6.61 Å². The molecular formula is C14H17N3O. The zero-order chi connectivity index (χ0) is 12.8. The third-order valence-corrected chi connectivity index (χ3v) is 2.59. The van der Waals surface area contributed by atoms with E-state index in [2.05, 4.69) is 16.9 Å². The lowest BCUT2D eigenvalue weighted by Crippen LogP contribution is -2.04. The summed E-state index contributed by atoms with van der Waals surface area (Å²) < 4.78 is 5.61. The minimum atomic E-state index is 0.439. The van der Waals surface area contributed by atoms with Crippen LogP contribution in [0, 0.1) is 0 Å². The van der Waals surface area contributed by atoms with Gasteiger partial charge in [-0.15, -0.1) is 0 Å². The van der Waals surface area contributed by atoms with E-state index in [-0.39, 0.29) is 0 Å². The number of hydrogen-bond acceptors (Lipinski definition) is 4. The van der Waals surface area contributed by atoms with Gasteiger partial charge in [0.1, 0.15) is 5.75 Å². The van der Waals surface area contributed by atoms with E-state index in [1.54, 1.807) is 18.6 Å². The zero-order valence-corrected chi connectivity index (χ0v) is 10.5. The van der Waals surface area contributed by atoms with Crippen molar-refractivity contribution in [1.82, 2.24) is 9.97 Å². The molecule has 94 valence electrons. The third kappa shape index (κ3) is 2.84. The van der Waals surface area contributed by atoms with Crippen molar-refractivity contribution in [2.24, 2.45) is 5.73 Å². The Morgan fingerprint density at radius 3 is 2.89 bits per heavy atom. The number of hydrogen-bond donors (Lipinski definition) is 1. The molecule has 2 aromatic heterocycles. The molecule has 0 saturated heterocycles. The van der Waals surface area contributed by atoms with Gasteiger partial charge < -0.3 is 10.5 Å². The van der Waals surface area contributed by atoms with Crippen LogP contribution in [-0.4, -0.2) is 16.6 Å². The number of pyridine rings is 2. The second-order valence-electron chi connectivity index (χ2n) is 3.97. The molecule has 4 heteroatoms. The van der Waals surface area contributed by atoms with E-state index in [1.165, 1.54) is 0 Å². The minimum Gasteiger partial charge on any atom is -0.492 e. The molecule has 0 amide bonds. The summed E-state index contributed by atoms with van der Waals surface area (Å²) in [5.74, 6) is 0.770. The standard InChI is InChI=1S/C14H17N3O/c1-2-6-18-14-10-17-13(7-12(14)8-15)11-4-3-5-16-9-11/h3-5,7,9-10H,2,6,8,15H2,1H3. The normalized spacial score (nSPS) is 10.3. The second-order valence-corrected chi connectivity index (χ2v) is 3.97. The summed E-state index contributed by atoms with van der Waals surface area (Å²) in [4.78, 5) is 8.48. The summed E-state index contributed by atoms with van der Waals surface area (Å²) in [7, 11) is 0. The van der Waals surface area contributed by atoms with Gasteiger partial charge in [0, 0.05) is 30.1 Å². The minimum absolute atomic E-state index is 0.439. The van der Waals surface area contributed by atoms with Crippen LogP contribution in [0.5, 0.6) is 5.75 Å². The van der Waals surface area contributed by atoms with Gasteiger partial charge in [0.25, 0.3) is 0 Å². The van der Waals surface area contributed by atoms with Crippen LogP contribution in [0.1, 0.15) is 18.9 Å². The van der Waals surface area contributed by atoms with Crippen molar-refractivity contribution < 1.29 is 4.74 Å². The van der Waals surface area contributed by atoms with Gasteiger partial charge in [0.05, 0.1) is 18.5 Å². The van der Waals surface area contributed by atoms with E-state index in [9.17, 15) is 0 Å². The fourth-order valence-corrected chi connectivity index (χ4v) is 1.66. The van der Waals surface area contributed by atoms with E-state index >= 15 is 0 Å². The highest BCUT2D eigenvalue weighted by molar-refractivity contribution is 5.59. The maximum atomic E-state index is 5.75. The van der Waals surface area contributed by atoms with Crippen molar-refractivity contribution >= 4 is 0 Å². The molecule has 0 bridgehead atoms. The predicted molar refractivity (Wildman–Crippen MR) is 71.1 cm³/mol. The summed E-state index contributed by atoms with van der Waals surface area (Å²) in [6.45, 7) is 3.19. The van der Waals surface area contributed by atoms with Gasteiger partial charge in [0.2, 0.25) is 0 Å². The van der Waals surface area contributed by atoms with E-state index in [4.69, 9.17) is 10.5 Å². The first kappa shape index (κ1) is 12.5. The van der Waals surface area contributed by atoms with Crippen LogP contribution in [0.4, 0.5) is 0 Å². The predicted octanol–water partition coefficient (Wildman–Crippen LogP) is 2.39. The summed E-state index contributed by atoms with van der Waals surface area (Å²) in [6.07, 6.45) is 6.23. The fourth-order valence-electron chi connectivity index (χ4n) is 1.66. The average molecular weight is 243 g/mol. The molecule has 18 heavy (non-hydrogen) atoms. The lowest BCUT2D eigenvalue weighted by molar-refractivity contribution is 0.313. The molecule has 2 rings (SSSR count). The van der Waals surface area contributed by atoms with Crippen molar-refractivity contribution in [1.29, 1.82) is 0 Å². The van der Waals surface area contributed by atoms with Gasteiger partial charge in [0.15, 0.2) is 0 Å². The average Bonchev–Trinajstić information content (AvgIpc) is 2.46. The van der Waals surface area contributed by atoms with Crippen LogP contribution in [0.2, 0.25) is 0 Å². The smallest absolute Gasteiger partial charge is 0.142 e. The molecule has 0 spiro atoms. The first-order chi connectivity index (χ1) is 8.85. The highest BCUT2D eigenvalue weighted by Gasteiger charge is 2.06. The highest BCUT2D eigenvalue weighted by atomic mass is 16.5. The molecule has 0 atom stereocenters. The van der Waals surface area contributed by atoms with Crippen LogP contribution >= 0.6 is 0 Å². The summed E-state index contributed by atoms with van der Waals surface area (Å²) in [5.41, 5.74) is 8.56. The Kier molecular flexibility index (Phi) is 4.25. The maximum Gasteiger partial charge on any atom is 0.142 e. The Bertz CT molecular complexity index is 500. The molecule has 2 aromatic rings. The first-order valence-electron chi connectivity index (χ1n) is 6.07. The number of ether oxygens (including phenoxy) is 1. The molecule has 4 nitrogen and oxygen atoms in total. The van der Waals surface area contributed by atoms with Crippen LogP contribution in [-0.2, 0) is 6.54 Å². The lowest BCUT2D eigenvalue weighted by atomic mass is 10.1. The van der Waals surface area contributed by atoms with Crippen LogP contribution < -0.4 is 10.5 Å². The van der Waals surface area contributed by atoms with Gasteiger partial charge in [-0.3, -0.25) is 9.97 Å². The molecule has 0 unspecified atom stereocenters. The molecule has 0 aliphatic rings. The Labute approximate surface area is 107 Å². The van der Waals surface area contributed by atoms with Gasteiger partial charge in [-0.25, -0.2) is 0 Å². The van der Waals surface area contributed by atoms with Crippen molar-refractivity contribution in [3.8, 4) is 17.0 Å². The highest BCUT2D eigenvalue weighted by Crippen LogP contribution is 2.23. The molecule has 2 N–H and O–H groups in total. The van der Waals surface area contributed by atoms with Crippen LogP contribution in [0.3, 0.4) is 0 Å². The fraction of sp³-hybridized carbons (Fsp3) is 0.286. The van der Waals surface area contributed by atoms with Gasteiger partial charge >= 0.3 is 0 Å². The topological polar surface area (TPSA) is 61.0 Å². The molecular weight excluding hydrogens is 226 g/mol. The zero-order valence-electron chi connectivity index (χ0n) is 10.5. The molecule has 0 saturated carbocycles. The van der Waals surface area contributed by atoms with Crippen molar-refractivity contribution in [2.45, 2.75) is 19.9 Å². The Hall–Kier alpha value is -1.94. The summed E-state index contributed by atoms with van der Waals surface area (Å²) >= 11 is 0. The van der Waals surface area contributed by atoms with Crippen molar-refractivity contribution in [3.05, 3.63) is 42.4 Å². The Morgan fingerprint density at radius 2 is 2.22 bits per heavy atom. The molecule has 0 radical (unpaired) electrons. The lowest BCUT2D eigenvalue weighted by Gasteiger charge is -2.10. The Balaban J connectivity index is 2.30. The molecule has 0 aliphatic heterocycles. The van der Waals surface area contributed by atoms with Crippen LogP contribution in [0.25, 0.3) is 11.3 Å². The Morgan fingerprint density at radius 1 is 1.33 bits per heavy atom. The third-order valence-electron chi connectivity index (χ3n) is 2.59. The van der Waals surface area contributed by atoms with Gasteiger partial charge in [-0.05, 0) is 24.6 Å². The maximum absolute atomic E-state index is 5.75. The largest absolute Gasteiger partial charge is 0.492 e. The second kappa shape index (κ2) is 6.12. The molecule has 0 aromatic carbocycles. The summed E-state index contributed by atoms with van der Waals surface area (Å²) in [6, 6.07) is 5.82. The van der Waals surface area contributed by atoms with Gasteiger partial charge in [-0.2, -0.15) is 0 Å².